The van der Waals surface area contributed by atoms with Crippen LogP contribution >= 0.6 is 0 Å². The second-order valence-corrected chi connectivity index (χ2v) is 13.1. The first kappa shape index (κ1) is 27.9. The van der Waals surface area contributed by atoms with Crippen molar-refractivity contribution in [2.24, 2.45) is 51.8 Å². The molecule has 0 aromatic heterocycles. The van der Waals surface area contributed by atoms with E-state index >= 15 is 0 Å². The molecule has 9 atom stereocenters. The lowest BCUT2D eigenvalue weighted by molar-refractivity contribution is -0.118. The van der Waals surface area contributed by atoms with Gasteiger partial charge in [0.15, 0.2) is 0 Å². The van der Waals surface area contributed by atoms with Crippen LogP contribution in [-0.4, -0.2) is 35.7 Å². The van der Waals surface area contributed by atoms with Gasteiger partial charge in [-0.05, 0) is 104 Å². The molecule has 0 aliphatic heterocycles. The first-order valence-corrected chi connectivity index (χ1v) is 14.6. The fraction of sp³-hybridized carbons (Fsp3) is 0.903. The summed E-state index contributed by atoms with van der Waals surface area (Å²) in [4.78, 5) is 4.21. The Morgan fingerprint density at radius 1 is 1.06 bits per heavy atom. The number of aliphatic imine (C=N–C) groups is 1. The van der Waals surface area contributed by atoms with Crippen LogP contribution in [0.5, 0.6) is 0 Å². The average molecular weight is 474 g/mol. The van der Waals surface area contributed by atoms with Gasteiger partial charge in [0.1, 0.15) is 0 Å². The van der Waals surface area contributed by atoms with Crippen molar-refractivity contribution in [2.45, 2.75) is 124 Å². The summed E-state index contributed by atoms with van der Waals surface area (Å²) in [6.45, 7) is 14.2. The second kappa shape index (κ2) is 12.0. The van der Waals surface area contributed by atoms with Crippen molar-refractivity contribution >= 4 is 6.21 Å². The molecular weight excluding hydrogens is 418 g/mol. The molecule has 2 saturated carbocycles. The zero-order chi connectivity index (χ0) is 25.0. The molecular formula is C31H55NO2. The Hall–Kier alpha value is -0.670. The Bertz CT molecular complexity index is 712. The zero-order valence-electron chi connectivity index (χ0n) is 23.4. The van der Waals surface area contributed by atoms with E-state index < -0.39 is 12.2 Å². The summed E-state index contributed by atoms with van der Waals surface area (Å²) < 4.78 is 0. The molecule has 0 radical (unpaired) electrons. The maximum absolute atomic E-state index is 11.7. The Morgan fingerprint density at radius 3 is 2.41 bits per heavy atom. The Morgan fingerprint density at radius 2 is 1.79 bits per heavy atom. The van der Waals surface area contributed by atoms with Gasteiger partial charge in [0.05, 0.1) is 12.2 Å². The fourth-order valence-corrected chi connectivity index (χ4v) is 8.60. The van der Waals surface area contributed by atoms with Crippen LogP contribution in [0.3, 0.4) is 0 Å². The maximum Gasteiger partial charge on any atom is 0.0835 e. The molecule has 0 unspecified atom stereocenters. The molecule has 3 nitrogen and oxygen atoms in total. The molecule has 0 amide bonds. The van der Waals surface area contributed by atoms with E-state index in [1.807, 2.05) is 13.3 Å². The molecule has 3 aliphatic rings. The van der Waals surface area contributed by atoms with E-state index in [2.05, 4.69) is 46.5 Å². The molecule has 0 saturated heterocycles. The van der Waals surface area contributed by atoms with Crippen LogP contribution in [0.25, 0.3) is 0 Å². The molecule has 3 rings (SSSR count). The predicted octanol–water partition coefficient (Wildman–Crippen LogP) is 7.46. The lowest BCUT2D eigenvalue weighted by Gasteiger charge is -2.52. The molecule has 3 heteroatoms. The lowest BCUT2D eigenvalue weighted by atomic mass is 9.54. The van der Waals surface area contributed by atoms with Crippen molar-refractivity contribution in [1.82, 2.24) is 0 Å². The van der Waals surface area contributed by atoms with E-state index in [1.54, 1.807) is 0 Å². The molecule has 196 valence electrons. The average Bonchev–Trinajstić information content (AvgIpc) is 3.15. The van der Waals surface area contributed by atoms with Crippen molar-refractivity contribution < 1.29 is 10.2 Å². The molecule has 0 spiro atoms. The fourth-order valence-electron chi connectivity index (χ4n) is 8.60. The minimum atomic E-state index is -0.612. The topological polar surface area (TPSA) is 52.8 Å². The molecule has 2 fully saturated rings. The number of aliphatic hydroxyl groups is 2. The first-order chi connectivity index (χ1) is 16.1. The van der Waals surface area contributed by atoms with Crippen molar-refractivity contribution in [3.8, 4) is 0 Å². The summed E-state index contributed by atoms with van der Waals surface area (Å²) in [6, 6.07) is 0. The van der Waals surface area contributed by atoms with Crippen molar-refractivity contribution in [1.29, 1.82) is 0 Å². The van der Waals surface area contributed by atoms with Gasteiger partial charge in [0.2, 0.25) is 0 Å². The van der Waals surface area contributed by atoms with Crippen molar-refractivity contribution in [3.63, 3.8) is 0 Å². The SMILES string of the molecule is CC[C@H]1CC[C@]2(C)[C@@H]([C@H](C)CCCC(C)C)CC[C@H]2[C@@H]1[C@@H](O)[C@H](O)[C@@H]1CCC(C=NC)=C(C)C1. The van der Waals surface area contributed by atoms with Gasteiger partial charge in [0.25, 0.3) is 0 Å². The Kier molecular flexibility index (Phi) is 9.89. The number of fused-ring (bicyclic) bond motifs is 1. The number of hydrogen-bond donors (Lipinski definition) is 2. The largest absolute Gasteiger partial charge is 0.390 e. The van der Waals surface area contributed by atoms with E-state index in [0.717, 1.165) is 43.4 Å². The first-order valence-electron chi connectivity index (χ1n) is 14.6. The molecule has 0 bridgehead atoms. The summed E-state index contributed by atoms with van der Waals surface area (Å²) in [7, 11) is 1.83. The molecule has 0 aromatic carbocycles. The molecule has 0 heterocycles. The quantitative estimate of drug-likeness (QED) is 0.324. The molecule has 34 heavy (non-hydrogen) atoms. The maximum atomic E-state index is 11.7. The highest BCUT2D eigenvalue weighted by Gasteiger charge is 2.56. The van der Waals surface area contributed by atoms with Crippen LogP contribution in [-0.2, 0) is 0 Å². The lowest BCUT2D eigenvalue weighted by Crippen LogP contribution is -2.51. The van der Waals surface area contributed by atoms with Gasteiger partial charge in [-0.3, -0.25) is 4.99 Å². The third kappa shape index (κ3) is 5.83. The zero-order valence-corrected chi connectivity index (χ0v) is 23.4. The van der Waals surface area contributed by atoms with E-state index in [-0.39, 0.29) is 11.8 Å². The number of hydrogen-bond acceptors (Lipinski definition) is 3. The number of allylic oxidation sites excluding steroid dienone is 2. The van der Waals surface area contributed by atoms with E-state index in [4.69, 9.17) is 0 Å². The van der Waals surface area contributed by atoms with Crippen molar-refractivity contribution in [3.05, 3.63) is 11.1 Å². The minimum Gasteiger partial charge on any atom is -0.390 e. The summed E-state index contributed by atoms with van der Waals surface area (Å²) in [6.07, 6.45) is 13.8. The van der Waals surface area contributed by atoms with E-state index in [9.17, 15) is 10.2 Å². The van der Waals surface area contributed by atoms with Crippen LogP contribution < -0.4 is 0 Å². The molecule has 0 aromatic rings. The van der Waals surface area contributed by atoms with Crippen LogP contribution in [0.2, 0.25) is 0 Å². The van der Waals surface area contributed by atoms with Gasteiger partial charge in [-0.1, -0.05) is 65.9 Å². The highest BCUT2D eigenvalue weighted by molar-refractivity contribution is 5.79. The second-order valence-electron chi connectivity index (χ2n) is 13.1. The standard InChI is InChI=1S/C31H55NO2/c1-8-23-16-17-31(6)26(21(4)11-9-10-20(2)3)14-15-27(31)28(23)30(34)29(33)24-12-13-25(19-32-7)22(5)18-24/h19-21,23-24,26-30,33-34H,8-18H2,1-7H3/t21-,23+,24-,26-,27+,28-,29-,30-,31-/m1/s1. The van der Waals surface area contributed by atoms with Crippen LogP contribution in [0, 0.1) is 46.8 Å². The van der Waals surface area contributed by atoms with Crippen LogP contribution in [0.4, 0.5) is 0 Å². The summed E-state index contributed by atoms with van der Waals surface area (Å²) in [5.41, 5.74) is 2.98. The van der Waals surface area contributed by atoms with Gasteiger partial charge in [-0.15, -0.1) is 0 Å². The highest BCUT2D eigenvalue weighted by atomic mass is 16.3. The van der Waals surface area contributed by atoms with Crippen LogP contribution in [0.1, 0.15) is 112 Å². The monoisotopic (exact) mass is 473 g/mol. The normalized spacial score (nSPS) is 37.3. The highest BCUT2D eigenvalue weighted by Crippen LogP contribution is 2.62. The predicted molar refractivity (Wildman–Crippen MR) is 145 cm³/mol. The summed E-state index contributed by atoms with van der Waals surface area (Å²) in [5.74, 6) is 3.83. The number of aliphatic hydroxyl groups excluding tert-OH is 2. The van der Waals surface area contributed by atoms with Crippen molar-refractivity contribution in [2.75, 3.05) is 7.05 Å². The summed E-state index contributed by atoms with van der Waals surface area (Å²) in [5, 5.41) is 23.2. The van der Waals surface area contributed by atoms with E-state index in [1.165, 1.54) is 56.1 Å². The molecule has 3 aliphatic carbocycles. The van der Waals surface area contributed by atoms with Gasteiger partial charge < -0.3 is 10.2 Å². The van der Waals surface area contributed by atoms with Gasteiger partial charge in [-0.2, -0.15) is 0 Å². The van der Waals surface area contributed by atoms with Gasteiger partial charge in [-0.25, -0.2) is 0 Å². The number of nitrogens with zero attached hydrogens (tertiary/aromatic N) is 1. The Balaban J connectivity index is 1.74. The third-order valence-corrected chi connectivity index (χ3v) is 10.6. The third-order valence-electron chi connectivity index (χ3n) is 10.6. The molecule has 2 N–H and O–H groups in total. The van der Waals surface area contributed by atoms with E-state index in [0.29, 0.717) is 17.3 Å². The Labute approximate surface area is 210 Å². The van der Waals surface area contributed by atoms with Gasteiger partial charge >= 0.3 is 0 Å². The van der Waals surface area contributed by atoms with Gasteiger partial charge in [0, 0.05) is 13.3 Å². The summed E-state index contributed by atoms with van der Waals surface area (Å²) >= 11 is 0. The number of rotatable bonds is 10. The smallest absolute Gasteiger partial charge is 0.0835 e. The van der Waals surface area contributed by atoms with Crippen LogP contribution in [0.15, 0.2) is 16.1 Å². The minimum absolute atomic E-state index is 0.168.